The second-order valence-corrected chi connectivity index (χ2v) is 4.70. The Bertz CT molecular complexity index is 401. The van der Waals surface area contributed by atoms with Crippen molar-refractivity contribution in [1.29, 1.82) is 0 Å². The van der Waals surface area contributed by atoms with Crippen LogP contribution in [-0.2, 0) is 4.79 Å². The lowest BCUT2D eigenvalue weighted by molar-refractivity contribution is -0.120. The van der Waals surface area contributed by atoms with Crippen molar-refractivity contribution in [3.05, 3.63) is 33.8 Å². The first kappa shape index (κ1) is 11.0. The summed E-state index contributed by atoms with van der Waals surface area (Å²) in [7, 11) is 0. The van der Waals surface area contributed by atoms with E-state index in [1.165, 1.54) is 0 Å². The molecule has 0 aliphatic heterocycles. The topological polar surface area (TPSA) is 17.1 Å². The van der Waals surface area contributed by atoms with Crippen molar-refractivity contribution >= 4 is 29.0 Å². The van der Waals surface area contributed by atoms with Gasteiger partial charge in [0.1, 0.15) is 5.78 Å². The van der Waals surface area contributed by atoms with E-state index in [4.69, 9.17) is 23.2 Å². The lowest BCUT2D eigenvalue weighted by Crippen LogP contribution is -1.99. The molecule has 1 aliphatic carbocycles. The summed E-state index contributed by atoms with van der Waals surface area (Å²) in [5.41, 5.74) is 1.02. The van der Waals surface area contributed by atoms with E-state index in [-0.39, 0.29) is 5.92 Å². The predicted molar refractivity (Wildman–Crippen MR) is 62.6 cm³/mol. The van der Waals surface area contributed by atoms with Crippen molar-refractivity contribution in [2.24, 2.45) is 5.92 Å². The second-order valence-electron chi connectivity index (χ2n) is 3.91. The van der Waals surface area contributed by atoms with Gasteiger partial charge in [0.2, 0.25) is 0 Å². The lowest BCUT2D eigenvalue weighted by Gasteiger charge is -2.04. The fourth-order valence-electron chi connectivity index (χ4n) is 1.96. The summed E-state index contributed by atoms with van der Waals surface area (Å²) < 4.78 is 0. The van der Waals surface area contributed by atoms with Crippen LogP contribution in [0.15, 0.2) is 18.2 Å². The fourth-order valence-corrected chi connectivity index (χ4v) is 2.41. The molecule has 0 radical (unpaired) electrons. The van der Waals surface area contributed by atoms with Crippen molar-refractivity contribution < 1.29 is 4.79 Å². The van der Waals surface area contributed by atoms with E-state index in [0.717, 1.165) is 12.0 Å². The van der Waals surface area contributed by atoms with E-state index in [0.29, 0.717) is 28.2 Å². The molecule has 80 valence electrons. The molecule has 15 heavy (non-hydrogen) atoms. The summed E-state index contributed by atoms with van der Waals surface area (Å²) in [5, 5.41) is 1.18. The number of carbonyl (C=O) groups is 1. The van der Waals surface area contributed by atoms with Gasteiger partial charge in [0, 0.05) is 12.3 Å². The van der Waals surface area contributed by atoms with E-state index in [1.807, 2.05) is 19.1 Å². The highest BCUT2D eigenvalue weighted by Crippen LogP contribution is 2.51. The number of benzene rings is 1. The van der Waals surface area contributed by atoms with Crippen molar-refractivity contribution in [1.82, 2.24) is 0 Å². The molecule has 1 fully saturated rings. The monoisotopic (exact) mass is 242 g/mol. The van der Waals surface area contributed by atoms with Gasteiger partial charge in [-0.3, -0.25) is 4.79 Å². The maximum Gasteiger partial charge on any atom is 0.136 e. The Morgan fingerprint density at radius 1 is 1.47 bits per heavy atom. The summed E-state index contributed by atoms with van der Waals surface area (Å²) in [6, 6.07) is 5.61. The standard InChI is InChI=1S/C12H12Cl2O/c1-2-11(15)9-6-8(9)7-4-3-5-10(13)12(7)14/h3-5,8-9H,2,6H2,1H3. The van der Waals surface area contributed by atoms with Crippen LogP contribution in [0.25, 0.3) is 0 Å². The van der Waals surface area contributed by atoms with Crippen LogP contribution in [0, 0.1) is 5.92 Å². The average molecular weight is 243 g/mol. The summed E-state index contributed by atoms with van der Waals surface area (Å²) in [6.45, 7) is 1.90. The number of rotatable bonds is 3. The second kappa shape index (κ2) is 4.15. The van der Waals surface area contributed by atoms with Crippen LogP contribution in [0.2, 0.25) is 10.0 Å². The normalized spacial score (nSPS) is 23.9. The third kappa shape index (κ3) is 2.04. The number of Topliss-reactive ketones (excluding diaryl/α,β-unsaturated/α-hetero) is 1. The van der Waals surface area contributed by atoms with Gasteiger partial charge < -0.3 is 0 Å². The van der Waals surface area contributed by atoms with Crippen molar-refractivity contribution in [3.63, 3.8) is 0 Å². The molecule has 1 aliphatic rings. The first-order valence-electron chi connectivity index (χ1n) is 5.11. The third-order valence-corrected chi connectivity index (χ3v) is 3.77. The molecule has 2 unspecified atom stereocenters. The van der Waals surface area contributed by atoms with E-state index in [9.17, 15) is 4.79 Å². The van der Waals surface area contributed by atoms with E-state index >= 15 is 0 Å². The van der Waals surface area contributed by atoms with Crippen LogP contribution in [0.3, 0.4) is 0 Å². The molecule has 0 bridgehead atoms. The molecule has 0 spiro atoms. The zero-order valence-electron chi connectivity index (χ0n) is 8.47. The van der Waals surface area contributed by atoms with Crippen LogP contribution in [-0.4, -0.2) is 5.78 Å². The Labute approximate surface area is 99.4 Å². The molecule has 0 amide bonds. The van der Waals surface area contributed by atoms with Gasteiger partial charge in [0.05, 0.1) is 10.0 Å². The zero-order chi connectivity index (χ0) is 11.0. The molecule has 1 aromatic rings. The maximum absolute atomic E-state index is 11.5. The third-order valence-electron chi connectivity index (χ3n) is 2.93. The van der Waals surface area contributed by atoms with Crippen LogP contribution in [0.1, 0.15) is 31.2 Å². The molecular weight excluding hydrogens is 231 g/mol. The molecule has 2 rings (SSSR count). The number of carbonyl (C=O) groups excluding carboxylic acids is 1. The van der Waals surface area contributed by atoms with Crippen molar-refractivity contribution in [2.75, 3.05) is 0 Å². The van der Waals surface area contributed by atoms with Crippen LogP contribution in [0.4, 0.5) is 0 Å². The SMILES string of the molecule is CCC(=O)C1CC1c1cccc(Cl)c1Cl. The highest BCUT2D eigenvalue weighted by Gasteiger charge is 2.43. The molecular formula is C12H12Cl2O. The Hall–Kier alpha value is -0.530. The molecule has 1 aromatic carbocycles. The van der Waals surface area contributed by atoms with Gasteiger partial charge in [-0.1, -0.05) is 42.3 Å². The average Bonchev–Trinajstić information content (AvgIpc) is 3.01. The highest BCUT2D eigenvalue weighted by atomic mass is 35.5. The Balaban J connectivity index is 2.20. The molecule has 1 saturated carbocycles. The fraction of sp³-hybridized carbons (Fsp3) is 0.417. The summed E-state index contributed by atoms with van der Waals surface area (Å²) in [5.74, 6) is 0.797. The quantitative estimate of drug-likeness (QED) is 0.781. The zero-order valence-corrected chi connectivity index (χ0v) is 9.98. The highest BCUT2D eigenvalue weighted by molar-refractivity contribution is 6.42. The number of hydrogen-bond acceptors (Lipinski definition) is 1. The van der Waals surface area contributed by atoms with Gasteiger partial charge in [-0.05, 0) is 24.0 Å². The smallest absolute Gasteiger partial charge is 0.136 e. The van der Waals surface area contributed by atoms with Crippen LogP contribution < -0.4 is 0 Å². The Kier molecular flexibility index (Phi) is 3.03. The van der Waals surface area contributed by atoms with Crippen LogP contribution in [0.5, 0.6) is 0 Å². The molecule has 0 aromatic heterocycles. The number of ketones is 1. The molecule has 0 N–H and O–H groups in total. The van der Waals surface area contributed by atoms with Gasteiger partial charge in [0.15, 0.2) is 0 Å². The first-order valence-corrected chi connectivity index (χ1v) is 5.87. The van der Waals surface area contributed by atoms with E-state index in [2.05, 4.69) is 0 Å². The van der Waals surface area contributed by atoms with Crippen molar-refractivity contribution in [3.8, 4) is 0 Å². The van der Waals surface area contributed by atoms with Gasteiger partial charge in [-0.15, -0.1) is 0 Å². The molecule has 2 atom stereocenters. The van der Waals surface area contributed by atoms with E-state index in [1.54, 1.807) is 6.07 Å². The Morgan fingerprint density at radius 3 is 2.87 bits per heavy atom. The molecule has 3 heteroatoms. The van der Waals surface area contributed by atoms with Crippen molar-refractivity contribution in [2.45, 2.75) is 25.7 Å². The summed E-state index contributed by atoms with van der Waals surface area (Å²) >= 11 is 12.0. The Morgan fingerprint density at radius 2 is 2.20 bits per heavy atom. The molecule has 0 heterocycles. The molecule has 0 saturated heterocycles. The largest absolute Gasteiger partial charge is 0.299 e. The van der Waals surface area contributed by atoms with Gasteiger partial charge >= 0.3 is 0 Å². The lowest BCUT2D eigenvalue weighted by atomic mass is 10.1. The number of halogens is 2. The maximum atomic E-state index is 11.5. The van der Waals surface area contributed by atoms with Crippen LogP contribution >= 0.6 is 23.2 Å². The van der Waals surface area contributed by atoms with Gasteiger partial charge in [-0.25, -0.2) is 0 Å². The van der Waals surface area contributed by atoms with E-state index < -0.39 is 0 Å². The molecule has 1 nitrogen and oxygen atoms in total. The van der Waals surface area contributed by atoms with Gasteiger partial charge in [0.25, 0.3) is 0 Å². The minimum absolute atomic E-state index is 0.172. The summed E-state index contributed by atoms with van der Waals surface area (Å²) in [4.78, 5) is 11.5. The first-order chi connectivity index (χ1) is 7.15. The minimum Gasteiger partial charge on any atom is -0.299 e. The summed E-state index contributed by atoms with van der Waals surface area (Å²) in [6.07, 6.45) is 1.53. The van der Waals surface area contributed by atoms with Gasteiger partial charge in [-0.2, -0.15) is 0 Å². The minimum atomic E-state index is 0.172. The number of hydrogen-bond donors (Lipinski definition) is 0. The predicted octanol–water partition coefficient (Wildman–Crippen LogP) is 4.08.